The fourth-order valence-corrected chi connectivity index (χ4v) is 2.34. The third-order valence-electron chi connectivity index (χ3n) is 4.12. The Kier molecular flexibility index (Phi) is 4.04. The Bertz CT molecular complexity index is 239. The summed E-state index contributed by atoms with van der Waals surface area (Å²) in [4.78, 5) is 0. The Balaban J connectivity index is 2.93. The normalized spacial score (nSPS) is 39.0. The minimum atomic E-state index is -0.493. The molecule has 16 heavy (non-hydrogen) atoms. The van der Waals surface area contributed by atoms with Crippen LogP contribution in [0.1, 0.15) is 48.0 Å². The molecule has 0 saturated carbocycles. The van der Waals surface area contributed by atoms with E-state index in [1.165, 1.54) is 0 Å². The number of ether oxygens (including phenoxy) is 2. The molecule has 1 fully saturated rings. The summed E-state index contributed by atoms with van der Waals surface area (Å²) in [6.07, 6.45) is 0.443. The summed E-state index contributed by atoms with van der Waals surface area (Å²) in [6, 6.07) is 0. The SMILES string of the molecule is CCC1(C)OCC(C(C)C)(C(C)C(C)O)O1. The molecule has 96 valence electrons. The predicted octanol–water partition coefficient (Wildman–Crippen LogP) is 2.57. The van der Waals surface area contributed by atoms with E-state index in [-0.39, 0.29) is 17.6 Å². The Hall–Kier alpha value is -0.120. The van der Waals surface area contributed by atoms with Gasteiger partial charge < -0.3 is 14.6 Å². The summed E-state index contributed by atoms with van der Waals surface area (Å²) in [5.41, 5.74) is -0.362. The van der Waals surface area contributed by atoms with Gasteiger partial charge in [-0.3, -0.25) is 0 Å². The van der Waals surface area contributed by atoms with Gasteiger partial charge in [0.15, 0.2) is 5.79 Å². The van der Waals surface area contributed by atoms with Crippen molar-refractivity contribution in [1.29, 1.82) is 0 Å². The van der Waals surface area contributed by atoms with Crippen LogP contribution in [0, 0.1) is 11.8 Å². The maximum atomic E-state index is 9.80. The lowest BCUT2D eigenvalue weighted by Crippen LogP contribution is -2.49. The van der Waals surface area contributed by atoms with Crippen LogP contribution in [0.25, 0.3) is 0 Å². The van der Waals surface area contributed by atoms with Gasteiger partial charge in [0.1, 0.15) is 5.60 Å². The molecule has 0 aromatic rings. The largest absolute Gasteiger partial charge is 0.393 e. The second-order valence-corrected chi connectivity index (χ2v) is 5.52. The summed E-state index contributed by atoms with van der Waals surface area (Å²) in [6.45, 7) is 12.7. The number of aliphatic hydroxyl groups excluding tert-OH is 1. The highest BCUT2D eigenvalue weighted by Crippen LogP contribution is 2.43. The van der Waals surface area contributed by atoms with Gasteiger partial charge in [-0.25, -0.2) is 0 Å². The van der Waals surface area contributed by atoms with Crippen LogP contribution in [0.4, 0.5) is 0 Å². The van der Waals surface area contributed by atoms with Gasteiger partial charge in [0.2, 0.25) is 0 Å². The maximum Gasteiger partial charge on any atom is 0.166 e. The van der Waals surface area contributed by atoms with E-state index >= 15 is 0 Å². The van der Waals surface area contributed by atoms with Crippen LogP contribution < -0.4 is 0 Å². The van der Waals surface area contributed by atoms with Crippen LogP contribution in [-0.4, -0.2) is 29.2 Å². The first kappa shape index (κ1) is 13.9. The molecule has 3 heteroatoms. The molecule has 0 aliphatic carbocycles. The predicted molar refractivity (Wildman–Crippen MR) is 64.1 cm³/mol. The quantitative estimate of drug-likeness (QED) is 0.806. The van der Waals surface area contributed by atoms with Crippen molar-refractivity contribution in [3.05, 3.63) is 0 Å². The van der Waals surface area contributed by atoms with E-state index in [9.17, 15) is 5.11 Å². The topological polar surface area (TPSA) is 38.7 Å². The molecule has 1 aliphatic rings. The first-order chi connectivity index (χ1) is 7.27. The fourth-order valence-electron chi connectivity index (χ4n) is 2.34. The van der Waals surface area contributed by atoms with Gasteiger partial charge in [0, 0.05) is 5.92 Å². The molecule has 1 aliphatic heterocycles. The van der Waals surface area contributed by atoms with Crippen molar-refractivity contribution in [2.45, 2.75) is 65.5 Å². The van der Waals surface area contributed by atoms with Crippen molar-refractivity contribution < 1.29 is 14.6 Å². The van der Waals surface area contributed by atoms with E-state index in [0.717, 1.165) is 6.42 Å². The number of hydrogen-bond donors (Lipinski definition) is 1. The third kappa shape index (κ3) is 2.27. The Morgan fingerprint density at radius 2 is 1.81 bits per heavy atom. The lowest BCUT2D eigenvalue weighted by atomic mass is 9.77. The Morgan fingerprint density at radius 3 is 2.12 bits per heavy atom. The van der Waals surface area contributed by atoms with Crippen molar-refractivity contribution in [3.8, 4) is 0 Å². The van der Waals surface area contributed by atoms with Gasteiger partial charge in [-0.1, -0.05) is 27.7 Å². The molecule has 1 N–H and O–H groups in total. The molecule has 0 amide bonds. The van der Waals surface area contributed by atoms with Gasteiger partial charge in [-0.2, -0.15) is 0 Å². The number of hydrogen-bond acceptors (Lipinski definition) is 3. The third-order valence-corrected chi connectivity index (χ3v) is 4.12. The first-order valence-corrected chi connectivity index (χ1v) is 6.29. The monoisotopic (exact) mass is 230 g/mol. The van der Waals surface area contributed by atoms with Crippen LogP contribution in [0.5, 0.6) is 0 Å². The second kappa shape index (κ2) is 4.63. The zero-order valence-electron chi connectivity index (χ0n) is 11.4. The van der Waals surface area contributed by atoms with Gasteiger partial charge >= 0.3 is 0 Å². The van der Waals surface area contributed by atoms with Crippen LogP contribution >= 0.6 is 0 Å². The van der Waals surface area contributed by atoms with Gasteiger partial charge in [0.05, 0.1) is 12.7 Å². The maximum absolute atomic E-state index is 9.80. The first-order valence-electron chi connectivity index (χ1n) is 6.29. The lowest BCUT2D eigenvalue weighted by Gasteiger charge is -2.40. The molecule has 1 heterocycles. The molecule has 0 radical (unpaired) electrons. The second-order valence-electron chi connectivity index (χ2n) is 5.52. The molecular formula is C13H26O3. The molecule has 0 bridgehead atoms. The highest BCUT2D eigenvalue weighted by molar-refractivity contribution is 4.97. The standard InChI is InChI=1S/C13H26O3/c1-7-12(6)15-8-13(16-12,9(2)3)10(4)11(5)14/h9-11,14H,7-8H2,1-6H3. The van der Waals surface area contributed by atoms with Crippen LogP contribution in [0.15, 0.2) is 0 Å². The van der Waals surface area contributed by atoms with Gasteiger partial charge in [0.25, 0.3) is 0 Å². The molecule has 0 aromatic heterocycles. The van der Waals surface area contributed by atoms with E-state index in [0.29, 0.717) is 12.5 Å². The fraction of sp³-hybridized carbons (Fsp3) is 1.00. The average molecular weight is 230 g/mol. The smallest absolute Gasteiger partial charge is 0.166 e. The highest BCUT2D eigenvalue weighted by atomic mass is 16.8. The summed E-state index contributed by atoms with van der Waals surface area (Å²) in [7, 11) is 0. The lowest BCUT2D eigenvalue weighted by molar-refractivity contribution is -0.203. The van der Waals surface area contributed by atoms with Gasteiger partial charge in [-0.05, 0) is 26.2 Å². The highest BCUT2D eigenvalue weighted by Gasteiger charge is 2.53. The summed E-state index contributed by atoms with van der Waals surface area (Å²) in [5.74, 6) is -0.0979. The van der Waals surface area contributed by atoms with Crippen molar-refractivity contribution >= 4 is 0 Å². The molecule has 0 aromatic carbocycles. The van der Waals surface area contributed by atoms with Crippen LogP contribution in [0.3, 0.4) is 0 Å². The molecule has 4 atom stereocenters. The summed E-state index contributed by atoms with van der Waals surface area (Å²) < 4.78 is 12.0. The zero-order valence-corrected chi connectivity index (χ0v) is 11.4. The molecular weight excluding hydrogens is 204 g/mol. The van der Waals surface area contributed by atoms with Crippen molar-refractivity contribution in [2.75, 3.05) is 6.61 Å². The van der Waals surface area contributed by atoms with Gasteiger partial charge in [-0.15, -0.1) is 0 Å². The Morgan fingerprint density at radius 1 is 1.25 bits per heavy atom. The summed E-state index contributed by atoms with van der Waals surface area (Å²) in [5, 5.41) is 9.80. The van der Waals surface area contributed by atoms with E-state index < -0.39 is 5.79 Å². The van der Waals surface area contributed by atoms with Crippen molar-refractivity contribution in [1.82, 2.24) is 0 Å². The molecule has 1 rings (SSSR count). The van der Waals surface area contributed by atoms with Crippen molar-refractivity contribution in [3.63, 3.8) is 0 Å². The molecule has 0 spiro atoms. The minimum absolute atomic E-state index is 0.0703. The molecule has 3 nitrogen and oxygen atoms in total. The van der Waals surface area contributed by atoms with Crippen LogP contribution in [-0.2, 0) is 9.47 Å². The minimum Gasteiger partial charge on any atom is -0.393 e. The van der Waals surface area contributed by atoms with Crippen molar-refractivity contribution in [2.24, 2.45) is 11.8 Å². The Labute approximate surface area is 99.1 Å². The molecule has 1 saturated heterocycles. The van der Waals surface area contributed by atoms with Crippen LogP contribution in [0.2, 0.25) is 0 Å². The number of aliphatic hydroxyl groups is 1. The van der Waals surface area contributed by atoms with E-state index in [1.807, 2.05) is 20.8 Å². The molecule has 4 unspecified atom stereocenters. The number of rotatable bonds is 4. The van der Waals surface area contributed by atoms with E-state index in [1.54, 1.807) is 0 Å². The van der Waals surface area contributed by atoms with E-state index in [2.05, 4.69) is 20.8 Å². The average Bonchev–Trinajstić information content (AvgIpc) is 2.58. The zero-order chi connectivity index (χ0) is 12.6. The van der Waals surface area contributed by atoms with E-state index in [4.69, 9.17) is 9.47 Å². The summed E-state index contributed by atoms with van der Waals surface area (Å²) >= 11 is 0.